The highest BCUT2D eigenvalue weighted by atomic mass is 16.5. The van der Waals surface area contributed by atoms with Crippen LogP contribution in [0.3, 0.4) is 0 Å². The maximum Gasteiger partial charge on any atom is 0.0653 e. The van der Waals surface area contributed by atoms with E-state index in [1.165, 1.54) is 11.1 Å². The second-order valence-electron chi connectivity index (χ2n) is 3.74. The molecule has 2 rings (SSSR count). The lowest BCUT2D eigenvalue weighted by atomic mass is 10.00. The molecule has 3 nitrogen and oxygen atoms in total. The van der Waals surface area contributed by atoms with Gasteiger partial charge < -0.3 is 4.74 Å². The first-order chi connectivity index (χ1) is 6.77. The van der Waals surface area contributed by atoms with E-state index in [4.69, 9.17) is 4.74 Å². The molecule has 3 heteroatoms. The molecule has 0 spiro atoms. The standard InChI is InChI=1S/C11H16N2O/c1-9-7-11(8-12-13(9)2)10-3-5-14-6-4-10/h3,7-9H,4-6H2,1-2H3. The van der Waals surface area contributed by atoms with Crippen molar-refractivity contribution in [1.82, 2.24) is 5.01 Å². The van der Waals surface area contributed by atoms with Crippen molar-refractivity contribution in [2.24, 2.45) is 5.10 Å². The van der Waals surface area contributed by atoms with Crippen LogP contribution in [0.2, 0.25) is 0 Å². The van der Waals surface area contributed by atoms with Gasteiger partial charge in [0.1, 0.15) is 0 Å². The molecule has 0 saturated carbocycles. The topological polar surface area (TPSA) is 24.8 Å². The van der Waals surface area contributed by atoms with Crippen LogP contribution >= 0.6 is 0 Å². The van der Waals surface area contributed by atoms with Crippen molar-refractivity contribution in [3.8, 4) is 0 Å². The SMILES string of the molecule is CC1C=C(C2=CCOCC2)C=NN1C. The molecule has 1 unspecified atom stereocenters. The molecule has 76 valence electrons. The maximum atomic E-state index is 5.28. The van der Waals surface area contributed by atoms with Crippen LogP contribution in [0.25, 0.3) is 0 Å². The number of hydrogen-bond acceptors (Lipinski definition) is 3. The molecule has 2 aliphatic heterocycles. The molecular formula is C11H16N2O. The summed E-state index contributed by atoms with van der Waals surface area (Å²) in [5.74, 6) is 0. The van der Waals surface area contributed by atoms with Crippen LogP contribution in [0.4, 0.5) is 0 Å². The monoisotopic (exact) mass is 192 g/mol. The normalized spacial score (nSPS) is 27.3. The molecule has 0 amide bonds. The highest BCUT2D eigenvalue weighted by Crippen LogP contribution is 2.20. The quantitative estimate of drug-likeness (QED) is 0.630. The number of nitrogens with zero attached hydrogens (tertiary/aromatic N) is 2. The Labute approximate surface area is 84.7 Å². The number of allylic oxidation sites excluding steroid dienone is 1. The van der Waals surface area contributed by atoms with Crippen LogP contribution in [0.15, 0.2) is 28.4 Å². The van der Waals surface area contributed by atoms with Gasteiger partial charge in [-0.1, -0.05) is 12.2 Å². The first-order valence-electron chi connectivity index (χ1n) is 5.03. The van der Waals surface area contributed by atoms with Crippen LogP contribution in [-0.4, -0.2) is 37.5 Å². The molecule has 14 heavy (non-hydrogen) atoms. The van der Waals surface area contributed by atoms with Crippen molar-refractivity contribution in [2.45, 2.75) is 19.4 Å². The average molecular weight is 192 g/mol. The summed E-state index contributed by atoms with van der Waals surface area (Å²) in [6, 6.07) is 0.388. The molecule has 0 radical (unpaired) electrons. The van der Waals surface area contributed by atoms with Crippen LogP contribution in [0.5, 0.6) is 0 Å². The molecule has 2 aliphatic rings. The zero-order chi connectivity index (χ0) is 9.97. The lowest BCUT2D eigenvalue weighted by Gasteiger charge is -2.25. The van der Waals surface area contributed by atoms with E-state index in [2.05, 4.69) is 24.2 Å². The van der Waals surface area contributed by atoms with E-state index < -0.39 is 0 Å². The Kier molecular flexibility index (Phi) is 2.68. The predicted molar refractivity (Wildman–Crippen MR) is 57.3 cm³/mol. The highest BCUT2D eigenvalue weighted by molar-refractivity contribution is 5.85. The summed E-state index contributed by atoms with van der Waals surface area (Å²) >= 11 is 0. The summed E-state index contributed by atoms with van der Waals surface area (Å²) in [7, 11) is 1.99. The molecule has 0 saturated heterocycles. The van der Waals surface area contributed by atoms with Crippen molar-refractivity contribution in [2.75, 3.05) is 20.3 Å². The molecule has 0 aliphatic carbocycles. The Balaban J connectivity index is 2.15. The van der Waals surface area contributed by atoms with Gasteiger partial charge in [0.05, 0.1) is 25.5 Å². The van der Waals surface area contributed by atoms with Gasteiger partial charge in [-0.25, -0.2) is 0 Å². The van der Waals surface area contributed by atoms with Crippen LogP contribution in [-0.2, 0) is 4.74 Å². The minimum atomic E-state index is 0.388. The second kappa shape index (κ2) is 3.96. The van der Waals surface area contributed by atoms with E-state index in [1.807, 2.05) is 18.3 Å². The fourth-order valence-electron chi connectivity index (χ4n) is 1.65. The largest absolute Gasteiger partial charge is 0.377 e. The average Bonchev–Trinajstić information content (AvgIpc) is 2.23. The smallest absolute Gasteiger partial charge is 0.0653 e. The summed E-state index contributed by atoms with van der Waals surface area (Å²) in [6.45, 7) is 3.72. The first kappa shape index (κ1) is 9.46. The zero-order valence-electron chi connectivity index (χ0n) is 8.73. The molecule has 0 aromatic carbocycles. The molecule has 0 fully saturated rings. The van der Waals surface area contributed by atoms with Crippen molar-refractivity contribution in [1.29, 1.82) is 0 Å². The lowest BCUT2D eigenvalue weighted by Crippen LogP contribution is -2.26. The zero-order valence-corrected chi connectivity index (χ0v) is 8.73. The minimum absolute atomic E-state index is 0.388. The first-order valence-corrected chi connectivity index (χ1v) is 5.03. The molecular weight excluding hydrogens is 176 g/mol. The molecule has 0 aromatic heterocycles. The van der Waals surface area contributed by atoms with E-state index in [0.29, 0.717) is 6.04 Å². The Bertz CT molecular complexity index is 304. The molecule has 2 heterocycles. The van der Waals surface area contributed by atoms with Crippen molar-refractivity contribution in [3.63, 3.8) is 0 Å². The molecule has 0 N–H and O–H groups in total. The van der Waals surface area contributed by atoms with Crippen molar-refractivity contribution in [3.05, 3.63) is 23.3 Å². The van der Waals surface area contributed by atoms with Crippen molar-refractivity contribution < 1.29 is 4.74 Å². The minimum Gasteiger partial charge on any atom is -0.377 e. The second-order valence-corrected chi connectivity index (χ2v) is 3.74. The molecule has 0 aromatic rings. The predicted octanol–water partition coefficient (Wildman–Crippen LogP) is 1.58. The Morgan fingerprint density at radius 2 is 2.43 bits per heavy atom. The third kappa shape index (κ3) is 1.87. The number of ether oxygens (including phenoxy) is 1. The Morgan fingerprint density at radius 1 is 1.57 bits per heavy atom. The van der Waals surface area contributed by atoms with Gasteiger partial charge in [-0.2, -0.15) is 5.10 Å². The highest BCUT2D eigenvalue weighted by Gasteiger charge is 2.14. The van der Waals surface area contributed by atoms with Crippen LogP contribution in [0, 0.1) is 0 Å². The van der Waals surface area contributed by atoms with Gasteiger partial charge in [0.15, 0.2) is 0 Å². The lowest BCUT2D eigenvalue weighted by molar-refractivity contribution is 0.155. The van der Waals surface area contributed by atoms with Gasteiger partial charge >= 0.3 is 0 Å². The number of likely N-dealkylation sites (N-methyl/N-ethyl adjacent to an activating group) is 1. The van der Waals surface area contributed by atoms with E-state index in [0.717, 1.165) is 19.6 Å². The molecule has 0 bridgehead atoms. The van der Waals surface area contributed by atoms with Crippen molar-refractivity contribution >= 4 is 6.21 Å². The summed E-state index contributed by atoms with van der Waals surface area (Å²) in [5, 5.41) is 6.29. The Morgan fingerprint density at radius 3 is 3.07 bits per heavy atom. The number of hydrogen-bond donors (Lipinski definition) is 0. The van der Waals surface area contributed by atoms with Gasteiger partial charge in [-0.3, -0.25) is 5.01 Å². The van der Waals surface area contributed by atoms with E-state index in [1.54, 1.807) is 0 Å². The van der Waals surface area contributed by atoms with Gasteiger partial charge in [0.2, 0.25) is 0 Å². The summed E-state index contributed by atoms with van der Waals surface area (Å²) < 4.78 is 5.28. The fourth-order valence-corrected chi connectivity index (χ4v) is 1.65. The van der Waals surface area contributed by atoms with Crippen LogP contribution in [0.1, 0.15) is 13.3 Å². The van der Waals surface area contributed by atoms with Gasteiger partial charge in [-0.05, 0) is 24.5 Å². The third-order valence-electron chi connectivity index (χ3n) is 2.72. The summed E-state index contributed by atoms with van der Waals surface area (Å²) in [5.41, 5.74) is 2.64. The third-order valence-corrected chi connectivity index (χ3v) is 2.72. The van der Waals surface area contributed by atoms with E-state index >= 15 is 0 Å². The number of hydrazone groups is 1. The van der Waals surface area contributed by atoms with Gasteiger partial charge in [0.25, 0.3) is 0 Å². The maximum absolute atomic E-state index is 5.28. The van der Waals surface area contributed by atoms with Gasteiger partial charge in [-0.15, -0.1) is 0 Å². The van der Waals surface area contributed by atoms with Gasteiger partial charge in [0, 0.05) is 7.05 Å². The summed E-state index contributed by atoms with van der Waals surface area (Å²) in [6.07, 6.45) is 7.36. The molecule has 1 atom stereocenters. The summed E-state index contributed by atoms with van der Waals surface area (Å²) in [4.78, 5) is 0. The fraction of sp³-hybridized carbons (Fsp3) is 0.545. The Hall–Kier alpha value is -1.09. The van der Waals surface area contributed by atoms with Crippen LogP contribution < -0.4 is 0 Å². The number of rotatable bonds is 1. The van der Waals surface area contributed by atoms with E-state index in [9.17, 15) is 0 Å². The van der Waals surface area contributed by atoms with E-state index in [-0.39, 0.29) is 0 Å².